The van der Waals surface area contributed by atoms with Crippen molar-refractivity contribution in [3.63, 3.8) is 0 Å². The van der Waals surface area contributed by atoms with Crippen molar-refractivity contribution in [2.45, 2.75) is 39.2 Å². The van der Waals surface area contributed by atoms with Crippen LogP contribution in [0.4, 0.5) is 26.3 Å². The summed E-state index contributed by atoms with van der Waals surface area (Å²) in [6.45, 7) is -1.07. The van der Waals surface area contributed by atoms with Gasteiger partial charge in [-0.2, -0.15) is 8.78 Å². The van der Waals surface area contributed by atoms with Crippen LogP contribution in [0, 0.1) is 23.3 Å². The summed E-state index contributed by atoms with van der Waals surface area (Å²) in [5.41, 5.74) is 2.02. The van der Waals surface area contributed by atoms with Crippen LogP contribution in [0.5, 0.6) is 11.5 Å². The Kier molecular flexibility index (Phi) is 8.26. The van der Waals surface area contributed by atoms with Gasteiger partial charge < -0.3 is 9.47 Å². The zero-order chi connectivity index (χ0) is 26.5. The first-order valence-electron chi connectivity index (χ1n) is 11.8. The molecule has 0 saturated carbocycles. The van der Waals surface area contributed by atoms with E-state index in [-0.39, 0.29) is 24.2 Å². The summed E-state index contributed by atoms with van der Waals surface area (Å²) in [6, 6.07) is 15.3. The first-order chi connectivity index (χ1) is 17.7. The van der Waals surface area contributed by atoms with Gasteiger partial charge in [0.05, 0.1) is 6.61 Å². The third-order valence-corrected chi connectivity index (χ3v) is 6.07. The largest absolute Gasteiger partial charge is 0.494 e. The second kappa shape index (κ2) is 11.6. The quantitative estimate of drug-likeness (QED) is 0.198. The smallest absolute Gasteiger partial charge is 0.387 e. The number of alkyl halides is 2. The Morgan fingerprint density at radius 3 is 2.03 bits per heavy atom. The fourth-order valence-electron chi connectivity index (χ4n) is 4.24. The van der Waals surface area contributed by atoms with Gasteiger partial charge in [0.25, 0.3) is 0 Å². The fraction of sp³-hybridized carbons (Fsp3) is 0.241. The van der Waals surface area contributed by atoms with Crippen LogP contribution < -0.4 is 9.47 Å². The number of hydrogen-bond donors (Lipinski definition) is 0. The Morgan fingerprint density at radius 2 is 1.35 bits per heavy atom. The number of halogens is 6. The van der Waals surface area contributed by atoms with Crippen LogP contribution in [0.15, 0.2) is 60.7 Å². The van der Waals surface area contributed by atoms with Gasteiger partial charge in [-0.1, -0.05) is 36.4 Å². The maximum Gasteiger partial charge on any atom is 0.387 e. The standard InChI is InChI=1S/C29H24F6O2/c1-2-36-22-11-10-19(24(30)16-22)6-3-17-5-12-23-21(13-17)9-8-20(27(23)33)7-4-18-14-25(31)28(26(32)15-18)37-29(34)35/h5,8-16,29H,2-4,6-7H2,1H3. The van der Waals surface area contributed by atoms with Gasteiger partial charge in [-0.25, -0.2) is 17.6 Å². The molecular formula is C29H24F6O2. The number of benzene rings is 4. The SMILES string of the molecule is CCOc1ccc(CCc2ccc3c(F)c(CCc4cc(F)c(OC(F)F)c(F)c4)ccc3c2)c(F)c1. The molecule has 0 bridgehead atoms. The average molecular weight is 518 g/mol. The van der Waals surface area contributed by atoms with E-state index in [1.807, 2.05) is 13.0 Å². The van der Waals surface area contributed by atoms with Crippen LogP contribution in [0.2, 0.25) is 0 Å². The van der Waals surface area contributed by atoms with Crippen LogP contribution in [-0.4, -0.2) is 13.2 Å². The number of ether oxygens (including phenoxy) is 2. The van der Waals surface area contributed by atoms with E-state index in [4.69, 9.17) is 4.74 Å². The Balaban J connectivity index is 1.44. The zero-order valence-electron chi connectivity index (χ0n) is 20.0. The third-order valence-electron chi connectivity index (χ3n) is 6.07. The second-order valence-corrected chi connectivity index (χ2v) is 8.55. The third kappa shape index (κ3) is 6.37. The highest BCUT2D eigenvalue weighted by molar-refractivity contribution is 5.84. The van der Waals surface area contributed by atoms with Crippen molar-refractivity contribution in [2.24, 2.45) is 0 Å². The van der Waals surface area contributed by atoms with Crippen molar-refractivity contribution in [3.05, 3.63) is 106 Å². The Bertz CT molecular complexity index is 1380. The Morgan fingerprint density at radius 1 is 0.676 bits per heavy atom. The molecule has 37 heavy (non-hydrogen) atoms. The molecule has 0 amide bonds. The van der Waals surface area contributed by atoms with Crippen molar-refractivity contribution in [2.75, 3.05) is 6.61 Å². The molecule has 0 N–H and O–H groups in total. The highest BCUT2D eigenvalue weighted by atomic mass is 19.3. The van der Waals surface area contributed by atoms with E-state index < -0.39 is 29.8 Å². The van der Waals surface area contributed by atoms with Crippen molar-refractivity contribution in [1.82, 2.24) is 0 Å². The molecule has 4 rings (SSSR count). The van der Waals surface area contributed by atoms with Crippen LogP contribution in [0.1, 0.15) is 29.2 Å². The normalized spacial score (nSPS) is 11.4. The summed E-state index contributed by atoms with van der Waals surface area (Å²) in [6.07, 6.45) is 1.27. The van der Waals surface area contributed by atoms with Crippen molar-refractivity contribution in [3.8, 4) is 11.5 Å². The van der Waals surface area contributed by atoms with Crippen molar-refractivity contribution < 1.29 is 35.8 Å². The summed E-state index contributed by atoms with van der Waals surface area (Å²) in [4.78, 5) is 0. The summed E-state index contributed by atoms with van der Waals surface area (Å²) < 4.78 is 91.2. The van der Waals surface area contributed by atoms with Gasteiger partial charge in [-0.15, -0.1) is 0 Å². The molecule has 0 saturated heterocycles. The molecule has 0 radical (unpaired) electrons. The maximum absolute atomic E-state index is 15.2. The van der Waals surface area contributed by atoms with Gasteiger partial charge in [0, 0.05) is 11.5 Å². The van der Waals surface area contributed by atoms with E-state index in [0.717, 1.165) is 17.7 Å². The van der Waals surface area contributed by atoms with E-state index in [1.54, 1.807) is 36.4 Å². The summed E-state index contributed by atoms with van der Waals surface area (Å²) in [5.74, 6) is -3.93. The van der Waals surface area contributed by atoms with Gasteiger partial charge in [0.2, 0.25) is 0 Å². The predicted octanol–water partition coefficient (Wildman–Crippen LogP) is 7.97. The van der Waals surface area contributed by atoms with E-state index in [9.17, 15) is 22.0 Å². The number of hydrogen-bond acceptors (Lipinski definition) is 2. The molecule has 0 heterocycles. The summed E-state index contributed by atoms with van der Waals surface area (Å²) in [7, 11) is 0. The lowest BCUT2D eigenvalue weighted by molar-refractivity contribution is -0.0546. The molecule has 2 nitrogen and oxygen atoms in total. The van der Waals surface area contributed by atoms with E-state index in [2.05, 4.69) is 4.74 Å². The van der Waals surface area contributed by atoms with Crippen molar-refractivity contribution >= 4 is 10.8 Å². The molecule has 0 aromatic heterocycles. The van der Waals surface area contributed by atoms with Crippen LogP contribution in [-0.2, 0) is 25.7 Å². The number of rotatable bonds is 10. The first-order valence-corrected chi connectivity index (χ1v) is 11.8. The Labute approximate surface area is 210 Å². The minimum absolute atomic E-state index is 0.0942. The van der Waals surface area contributed by atoms with Crippen LogP contribution >= 0.6 is 0 Å². The summed E-state index contributed by atoms with van der Waals surface area (Å²) >= 11 is 0. The topological polar surface area (TPSA) is 18.5 Å². The van der Waals surface area contributed by atoms with Crippen LogP contribution in [0.3, 0.4) is 0 Å². The molecule has 0 aliphatic rings. The molecule has 0 atom stereocenters. The summed E-state index contributed by atoms with van der Waals surface area (Å²) in [5, 5.41) is 1.07. The predicted molar refractivity (Wildman–Crippen MR) is 129 cm³/mol. The lowest BCUT2D eigenvalue weighted by atomic mass is 9.97. The van der Waals surface area contributed by atoms with E-state index in [0.29, 0.717) is 47.1 Å². The van der Waals surface area contributed by atoms with E-state index >= 15 is 4.39 Å². The highest BCUT2D eigenvalue weighted by Crippen LogP contribution is 2.28. The van der Waals surface area contributed by atoms with E-state index in [1.165, 1.54) is 6.07 Å². The lowest BCUT2D eigenvalue weighted by Crippen LogP contribution is -2.06. The molecule has 0 spiro atoms. The minimum atomic E-state index is -3.35. The fourth-order valence-corrected chi connectivity index (χ4v) is 4.24. The molecule has 4 aromatic rings. The van der Waals surface area contributed by atoms with Gasteiger partial charge in [-0.3, -0.25) is 0 Å². The van der Waals surface area contributed by atoms with Gasteiger partial charge in [-0.05, 0) is 78.4 Å². The highest BCUT2D eigenvalue weighted by Gasteiger charge is 2.17. The number of fused-ring (bicyclic) bond motifs is 1. The van der Waals surface area contributed by atoms with Crippen molar-refractivity contribution in [1.29, 1.82) is 0 Å². The monoisotopic (exact) mass is 518 g/mol. The molecule has 4 aromatic carbocycles. The Hall–Kier alpha value is -3.68. The second-order valence-electron chi connectivity index (χ2n) is 8.55. The zero-order valence-corrected chi connectivity index (χ0v) is 20.0. The molecule has 0 unspecified atom stereocenters. The molecule has 0 fully saturated rings. The maximum atomic E-state index is 15.2. The molecule has 0 aliphatic heterocycles. The minimum Gasteiger partial charge on any atom is -0.494 e. The average Bonchev–Trinajstić information content (AvgIpc) is 2.85. The van der Waals surface area contributed by atoms with Crippen LogP contribution in [0.25, 0.3) is 10.8 Å². The van der Waals surface area contributed by atoms with Gasteiger partial charge in [0.15, 0.2) is 17.4 Å². The van der Waals surface area contributed by atoms with Gasteiger partial charge in [0.1, 0.15) is 17.4 Å². The molecule has 194 valence electrons. The lowest BCUT2D eigenvalue weighted by Gasteiger charge is -2.11. The molecular weight excluding hydrogens is 494 g/mol. The number of aryl methyl sites for hydroxylation is 4. The first kappa shape index (κ1) is 26.4. The molecule has 8 heteroatoms. The van der Waals surface area contributed by atoms with Gasteiger partial charge >= 0.3 is 6.61 Å². The molecule has 0 aliphatic carbocycles.